The fourth-order valence-electron chi connectivity index (χ4n) is 2.24. The highest BCUT2D eigenvalue weighted by atomic mass is 16.3. The van der Waals surface area contributed by atoms with E-state index in [1.165, 1.54) is 5.69 Å². The molecule has 0 saturated carbocycles. The molecule has 3 nitrogen and oxygen atoms in total. The summed E-state index contributed by atoms with van der Waals surface area (Å²) < 4.78 is 0. The molecular weight excluding hydrogens is 200 g/mol. The molecule has 2 N–H and O–H groups in total. The Morgan fingerprint density at radius 3 is 2.81 bits per heavy atom. The summed E-state index contributed by atoms with van der Waals surface area (Å²) in [6.07, 6.45) is 1.12. The minimum absolute atomic E-state index is 0.185. The Balaban J connectivity index is 2.16. The van der Waals surface area contributed by atoms with Crippen LogP contribution in [0.2, 0.25) is 0 Å². The molecule has 16 heavy (non-hydrogen) atoms. The van der Waals surface area contributed by atoms with Crippen LogP contribution in [0.5, 0.6) is 0 Å². The Kier molecular flexibility index (Phi) is 3.80. The van der Waals surface area contributed by atoms with Crippen LogP contribution in [-0.4, -0.2) is 36.9 Å². The summed E-state index contributed by atoms with van der Waals surface area (Å²) in [6.45, 7) is 4.31. The second-order valence-electron chi connectivity index (χ2n) is 4.46. The van der Waals surface area contributed by atoms with Crippen molar-refractivity contribution in [3.8, 4) is 0 Å². The Morgan fingerprint density at radius 1 is 1.38 bits per heavy atom. The van der Waals surface area contributed by atoms with Crippen LogP contribution in [0.4, 0.5) is 5.69 Å². The number of anilines is 1. The molecule has 0 spiro atoms. The van der Waals surface area contributed by atoms with E-state index in [1.807, 2.05) is 6.07 Å². The van der Waals surface area contributed by atoms with Gasteiger partial charge in [-0.3, -0.25) is 0 Å². The molecule has 1 aromatic carbocycles. The van der Waals surface area contributed by atoms with Crippen LogP contribution in [0, 0.1) is 0 Å². The zero-order valence-electron chi connectivity index (χ0n) is 9.76. The second kappa shape index (κ2) is 5.32. The van der Waals surface area contributed by atoms with Gasteiger partial charge in [-0.25, -0.2) is 0 Å². The lowest BCUT2D eigenvalue weighted by molar-refractivity contribution is 0.248. The van der Waals surface area contributed by atoms with Gasteiger partial charge >= 0.3 is 0 Å². The summed E-state index contributed by atoms with van der Waals surface area (Å²) in [5.74, 6) is 0. The third kappa shape index (κ3) is 2.54. The minimum atomic E-state index is 0.185. The van der Waals surface area contributed by atoms with Crippen molar-refractivity contribution in [2.75, 3.05) is 24.6 Å². The van der Waals surface area contributed by atoms with Crippen molar-refractivity contribution in [2.45, 2.75) is 25.4 Å². The number of hydrogen-bond acceptors (Lipinski definition) is 3. The first-order valence-electron chi connectivity index (χ1n) is 5.97. The van der Waals surface area contributed by atoms with Gasteiger partial charge in [0.1, 0.15) is 0 Å². The molecule has 1 aliphatic heterocycles. The molecule has 1 aromatic rings. The highest BCUT2D eigenvalue weighted by Crippen LogP contribution is 2.19. The molecule has 1 fully saturated rings. The lowest BCUT2D eigenvalue weighted by atomic mass is 10.1. The Labute approximate surface area is 97.1 Å². The van der Waals surface area contributed by atoms with Gasteiger partial charge in [0, 0.05) is 24.3 Å². The van der Waals surface area contributed by atoms with Crippen molar-refractivity contribution in [3.63, 3.8) is 0 Å². The van der Waals surface area contributed by atoms with E-state index in [4.69, 9.17) is 0 Å². The zero-order valence-corrected chi connectivity index (χ0v) is 9.76. The van der Waals surface area contributed by atoms with Gasteiger partial charge in [-0.1, -0.05) is 18.2 Å². The molecule has 1 saturated heterocycles. The fourth-order valence-corrected chi connectivity index (χ4v) is 2.24. The SMILES string of the molecule is CC1CCNC(CO)CN1c1ccccc1. The van der Waals surface area contributed by atoms with Crippen molar-refractivity contribution in [1.29, 1.82) is 0 Å². The molecule has 88 valence electrons. The van der Waals surface area contributed by atoms with Crippen molar-refractivity contribution >= 4 is 5.69 Å². The third-order valence-electron chi connectivity index (χ3n) is 3.25. The first-order chi connectivity index (χ1) is 7.81. The van der Waals surface area contributed by atoms with Crippen LogP contribution >= 0.6 is 0 Å². The monoisotopic (exact) mass is 220 g/mol. The predicted octanol–water partition coefficient (Wildman–Crippen LogP) is 1.24. The second-order valence-corrected chi connectivity index (χ2v) is 4.46. The zero-order chi connectivity index (χ0) is 11.4. The first-order valence-corrected chi connectivity index (χ1v) is 5.97. The fraction of sp³-hybridized carbons (Fsp3) is 0.538. The van der Waals surface area contributed by atoms with Crippen molar-refractivity contribution in [1.82, 2.24) is 5.32 Å². The van der Waals surface area contributed by atoms with E-state index >= 15 is 0 Å². The van der Waals surface area contributed by atoms with Crippen LogP contribution < -0.4 is 10.2 Å². The number of aliphatic hydroxyl groups excluding tert-OH is 1. The normalized spacial score (nSPS) is 26.5. The Hall–Kier alpha value is -1.06. The van der Waals surface area contributed by atoms with E-state index in [2.05, 4.69) is 41.4 Å². The molecule has 1 heterocycles. The summed E-state index contributed by atoms with van der Waals surface area (Å²) in [7, 11) is 0. The minimum Gasteiger partial charge on any atom is -0.395 e. The molecule has 3 heteroatoms. The van der Waals surface area contributed by atoms with Gasteiger partial charge in [-0.05, 0) is 32.0 Å². The number of benzene rings is 1. The van der Waals surface area contributed by atoms with Gasteiger partial charge in [0.15, 0.2) is 0 Å². The maximum Gasteiger partial charge on any atom is 0.0601 e. The number of para-hydroxylation sites is 1. The maximum atomic E-state index is 9.28. The number of aliphatic hydroxyl groups is 1. The van der Waals surface area contributed by atoms with Crippen LogP contribution in [-0.2, 0) is 0 Å². The summed E-state index contributed by atoms with van der Waals surface area (Å²) >= 11 is 0. The molecule has 1 aliphatic rings. The van der Waals surface area contributed by atoms with Crippen LogP contribution in [0.3, 0.4) is 0 Å². The smallest absolute Gasteiger partial charge is 0.0601 e. The summed E-state index contributed by atoms with van der Waals surface area (Å²) in [4.78, 5) is 2.38. The number of nitrogens with zero attached hydrogens (tertiary/aromatic N) is 1. The third-order valence-corrected chi connectivity index (χ3v) is 3.25. The van der Waals surface area contributed by atoms with Crippen molar-refractivity contribution in [2.24, 2.45) is 0 Å². The average molecular weight is 220 g/mol. The van der Waals surface area contributed by atoms with E-state index in [1.54, 1.807) is 0 Å². The average Bonchev–Trinajstić information content (AvgIpc) is 2.52. The van der Waals surface area contributed by atoms with Gasteiger partial charge in [0.05, 0.1) is 6.61 Å². The van der Waals surface area contributed by atoms with E-state index < -0.39 is 0 Å². The lowest BCUT2D eigenvalue weighted by Gasteiger charge is -2.30. The number of rotatable bonds is 2. The van der Waals surface area contributed by atoms with Gasteiger partial charge in [-0.2, -0.15) is 0 Å². The number of hydrogen-bond donors (Lipinski definition) is 2. The van der Waals surface area contributed by atoms with Gasteiger partial charge in [0.2, 0.25) is 0 Å². The highest BCUT2D eigenvalue weighted by molar-refractivity contribution is 5.47. The molecule has 2 rings (SSSR count). The quantitative estimate of drug-likeness (QED) is 0.787. The van der Waals surface area contributed by atoms with Crippen LogP contribution in [0.1, 0.15) is 13.3 Å². The lowest BCUT2D eigenvalue weighted by Crippen LogP contribution is -2.42. The van der Waals surface area contributed by atoms with E-state index in [0.717, 1.165) is 19.5 Å². The Morgan fingerprint density at radius 2 is 2.12 bits per heavy atom. The van der Waals surface area contributed by atoms with Crippen LogP contribution in [0.25, 0.3) is 0 Å². The number of nitrogens with one attached hydrogen (secondary N) is 1. The van der Waals surface area contributed by atoms with Gasteiger partial charge in [0.25, 0.3) is 0 Å². The highest BCUT2D eigenvalue weighted by Gasteiger charge is 2.22. The molecule has 0 aromatic heterocycles. The van der Waals surface area contributed by atoms with E-state index in [9.17, 15) is 5.11 Å². The van der Waals surface area contributed by atoms with Crippen LogP contribution in [0.15, 0.2) is 30.3 Å². The van der Waals surface area contributed by atoms with E-state index in [-0.39, 0.29) is 12.6 Å². The standard InChI is InChI=1S/C13H20N2O/c1-11-7-8-14-12(10-16)9-15(11)13-5-3-2-4-6-13/h2-6,11-12,14,16H,7-10H2,1H3. The molecular formula is C13H20N2O. The Bertz CT molecular complexity index is 315. The molecule has 0 amide bonds. The molecule has 0 radical (unpaired) electrons. The molecule has 2 unspecified atom stereocenters. The predicted molar refractivity (Wildman–Crippen MR) is 66.7 cm³/mol. The van der Waals surface area contributed by atoms with E-state index in [0.29, 0.717) is 6.04 Å². The molecule has 0 bridgehead atoms. The summed E-state index contributed by atoms with van der Waals surface area (Å²) in [5.41, 5.74) is 1.25. The van der Waals surface area contributed by atoms with Gasteiger partial charge < -0.3 is 15.3 Å². The van der Waals surface area contributed by atoms with Crippen molar-refractivity contribution in [3.05, 3.63) is 30.3 Å². The molecule has 0 aliphatic carbocycles. The van der Waals surface area contributed by atoms with Gasteiger partial charge in [-0.15, -0.1) is 0 Å². The maximum absolute atomic E-state index is 9.28. The summed E-state index contributed by atoms with van der Waals surface area (Å²) in [6, 6.07) is 11.1. The topological polar surface area (TPSA) is 35.5 Å². The largest absolute Gasteiger partial charge is 0.395 e. The van der Waals surface area contributed by atoms with Crippen molar-refractivity contribution < 1.29 is 5.11 Å². The first kappa shape index (κ1) is 11.4. The summed E-state index contributed by atoms with van der Waals surface area (Å²) in [5, 5.41) is 12.6. The molecule has 2 atom stereocenters.